The molecule has 0 fully saturated rings. The van der Waals surface area contributed by atoms with Crippen molar-refractivity contribution < 1.29 is 23.3 Å². The zero-order chi connectivity index (χ0) is 21.8. The lowest BCUT2D eigenvalue weighted by Gasteiger charge is -2.39. The van der Waals surface area contributed by atoms with E-state index < -0.39 is 27.3 Å². The number of hydrogen-bond acceptors (Lipinski definition) is 5. The minimum Gasteiger partial charge on any atom is -0.392 e. The summed E-state index contributed by atoms with van der Waals surface area (Å²) in [7, 11) is -2.05. The molecule has 1 unspecified atom stereocenters. The van der Waals surface area contributed by atoms with Gasteiger partial charge in [-0.05, 0) is 35.6 Å². The predicted molar refractivity (Wildman–Crippen MR) is 117 cm³/mol. The predicted octanol–water partition coefficient (Wildman–Crippen LogP) is 4.63. The maximum Gasteiger partial charge on any atom is 0.179 e. The van der Waals surface area contributed by atoms with Gasteiger partial charge in [-0.15, -0.1) is 0 Å². The van der Waals surface area contributed by atoms with Gasteiger partial charge < -0.3 is 5.11 Å². The Morgan fingerprint density at radius 3 is 2.43 bits per heavy atom. The van der Waals surface area contributed by atoms with Crippen molar-refractivity contribution in [2.75, 3.05) is 12.9 Å². The van der Waals surface area contributed by atoms with Crippen LogP contribution < -0.4 is 0 Å². The van der Waals surface area contributed by atoms with Crippen LogP contribution in [0.1, 0.15) is 62.1 Å². The first kappa shape index (κ1) is 22.9. The molecule has 5 nitrogen and oxygen atoms in total. The molecule has 0 amide bonds. The molecule has 0 radical (unpaired) electrons. The smallest absolute Gasteiger partial charge is 0.179 e. The van der Waals surface area contributed by atoms with E-state index in [-0.39, 0.29) is 5.75 Å². The van der Waals surface area contributed by atoms with E-state index in [0.717, 1.165) is 24.0 Å². The van der Waals surface area contributed by atoms with Gasteiger partial charge in [-0.25, -0.2) is 18.2 Å². The molecule has 0 spiro atoms. The van der Waals surface area contributed by atoms with Crippen LogP contribution >= 0.6 is 0 Å². The Balaban J connectivity index is 2.14. The minimum absolute atomic E-state index is 0.0229. The molecule has 0 bridgehead atoms. The molecule has 1 heterocycles. The Bertz CT molecular complexity index is 938. The van der Waals surface area contributed by atoms with E-state index in [4.69, 9.17) is 4.89 Å². The second-order valence-electron chi connectivity index (χ2n) is 8.21. The van der Waals surface area contributed by atoms with Gasteiger partial charge in [0.15, 0.2) is 9.84 Å². The van der Waals surface area contributed by atoms with E-state index in [0.29, 0.717) is 29.9 Å². The van der Waals surface area contributed by atoms with Crippen molar-refractivity contribution in [1.29, 1.82) is 0 Å². The van der Waals surface area contributed by atoms with Gasteiger partial charge in [0.1, 0.15) is 6.61 Å². The van der Waals surface area contributed by atoms with Gasteiger partial charge in [0.2, 0.25) is 0 Å². The van der Waals surface area contributed by atoms with Crippen LogP contribution in [0.3, 0.4) is 0 Å². The SMILES string of the molecule is CCCC[C@]1(CC)CS(=O)(=O)c2ccccc2[C@@H](c2ccc(COOC)cc2)C1O. The van der Waals surface area contributed by atoms with Crippen molar-refractivity contribution in [3.63, 3.8) is 0 Å². The van der Waals surface area contributed by atoms with Crippen molar-refractivity contribution in [2.24, 2.45) is 5.41 Å². The maximum absolute atomic E-state index is 13.4. The highest BCUT2D eigenvalue weighted by molar-refractivity contribution is 7.91. The number of fused-ring (bicyclic) bond motifs is 1. The quantitative estimate of drug-likeness (QED) is 0.486. The monoisotopic (exact) mass is 432 g/mol. The fourth-order valence-corrected chi connectivity index (χ4v) is 6.90. The average Bonchev–Trinajstić information content (AvgIpc) is 2.83. The Kier molecular flexibility index (Phi) is 7.34. The molecule has 3 atom stereocenters. The molecule has 0 aliphatic carbocycles. The number of aliphatic hydroxyl groups excluding tert-OH is 1. The minimum atomic E-state index is -3.52. The first-order valence-electron chi connectivity index (χ1n) is 10.6. The van der Waals surface area contributed by atoms with Crippen molar-refractivity contribution in [3.8, 4) is 0 Å². The lowest BCUT2D eigenvalue weighted by atomic mass is 9.69. The second kappa shape index (κ2) is 9.60. The number of aliphatic hydroxyl groups is 1. The van der Waals surface area contributed by atoms with Gasteiger partial charge in [0.05, 0.1) is 23.9 Å². The van der Waals surface area contributed by atoms with Crippen LogP contribution in [0.25, 0.3) is 0 Å². The lowest BCUT2D eigenvalue weighted by molar-refractivity contribution is -0.282. The molecule has 2 aromatic rings. The highest BCUT2D eigenvalue weighted by atomic mass is 32.2. The third-order valence-corrected chi connectivity index (χ3v) is 8.42. The van der Waals surface area contributed by atoms with E-state index >= 15 is 0 Å². The molecule has 0 aromatic heterocycles. The van der Waals surface area contributed by atoms with Crippen LogP contribution in [0.4, 0.5) is 0 Å². The van der Waals surface area contributed by atoms with E-state index in [1.807, 2.05) is 43.3 Å². The van der Waals surface area contributed by atoms with Gasteiger partial charge in [-0.1, -0.05) is 69.2 Å². The standard InChI is InChI=1S/C24H32O5S/c1-4-6-15-24(5-2)17-30(26,27)21-10-8-7-9-20(21)22(23(24)25)19-13-11-18(12-14-19)16-29-28-3/h7-14,22-23,25H,4-6,15-17H2,1-3H3/t22-,23?,24-/m1/s1. The van der Waals surface area contributed by atoms with E-state index in [1.165, 1.54) is 7.11 Å². The summed E-state index contributed by atoms with van der Waals surface area (Å²) < 4.78 is 26.8. The third-order valence-electron chi connectivity index (χ3n) is 6.42. The molecule has 30 heavy (non-hydrogen) atoms. The molecule has 2 aromatic carbocycles. The summed E-state index contributed by atoms with van der Waals surface area (Å²) in [5, 5.41) is 11.7. The Morgan fingerprint density at radius 2 is 1.80 bits per heavy atom. The molecule has 3 rings (SSSR count). The molecule has 1 aliphatic heterocycles. The van der Waals surface area contributed by atoms with Gasteiger partial charge in [0.25, 0.3) is 0 Å². The first-order chi connectivity index (χ1) is 14.4. The normalized spacial score (nSPS) is 25.5. The zero-order valence-corrected chi connectivity index (χ0v) is 18.8. The molecule has 164 valence electrons. The number of hydrogen-bond donors (Lipinski definition) is 1. The summed E-state index contributed by atoms with van der Waals surface area (Å²) in [6.07, 6.45) is 2.34. The van der Waals surface area contributed by atoms with Crippen LogP contribution in [-0.4, -0.2) is 32.5 Å². The summed E-state index contributed by atoms with van der Waals surface area (Å²) in [5.74, 6) is -0.432. The fourth-order valence-electron chi connectivity index (χ4n) is 4.63. The molecular formula is C24H32O5S. The van der Waals surface area contributed by atoms with Crippen molar-refractivity contribution in [1.82, 2.24) is 0 Å². The van der Waals surface area contributed by atoms with Crippen LogP contribution in [-0.2, 0) is 26.2 Å². The van der Waals surface area contributed by atoms with Crippen molar-refractivity contribution in [3.05, 3.63) is 65.2 Å². The van der Waals surface area contributed by atoms with Gasteiger partial charge >= 0.3 is 0 Å². The van der Waals surface area contributed by atoms with Crippen molar-refractivity contribution in [2.45, 2.75) is 63.1 Å². The van der Waals surface area contributed by atoms with Gasteiger partial charge in [-0.3, -0.25) is 0 Å². The number of rotatable bonds is 8. The Hall–Kier alpha value is -1.73. The molecular weight excluding hydrogens is 400 g/mol. The summed E-state index contributed by atoms with van der Waals surface area (Å²) in [6.45, 7) is 4.41. The summed E-state index contributed by atoms with van der Waals surface area (Å²) in [6, 6.07) is 14.9. The van der Waals surface area contributed by atoms with Crippen LogP contribution in [0.15, 0.2) is 53.4 Å². The molecule has 0 saturated heterocycles. The van der Waals surface area contributed by atoms with Crippen LogP contribution in [0.5, 0.6) is 0 Å². The van der Waals surface area contributed by atoms with E-state index in [1.54, 1.807) is 12.1 Å². The summed E-state index contributed by atoms with van der Waals surface area (Å²) >= 11 is 0. The highest BCUT2D eigenvalue weighted by Gasteiger charge is 2.48. The van der Waals surface area contributed by atoms with E-state index in [9.17, 15) is 13.5 Å². The second-order valence-corrected chi connectivity index (χ2v) is 10.2. The van der Waals surface area contributed by atoms with Crippen LogP contribution in [0.2, 0.25) is 0 Å². The maximum atomic E-state index is 13.4. The number of benzene rings is 2. The molecule has 6 heteroatoms. The summed E-state index contributed by atoms with van der Waals surface area (Å²) in [4.78, 5) is 10.0. The third kappa shape index (κ3) is 4.47. The van der Waals surface area contributed by atoms with Gasteiger partial charge in [-0.2, -0.15) is 0 Å². The average molecular weight is 433 g/mol. The summed E-state index contributed by atoms with van der Waals surface area (Å²) in [5.41, 5.74) is 1.84. The van der Waals surface area contributed by atoms with E-state index in [2.05, 4.69) is 11.8 Å². The highest BCUT2D eigenvalue weighted by Crippen LogP contribution is 2.48. The Morgan fingerprint density at radius 1 is 1.10 bits per heavy atom. The molecule has 1 aliphatic rings. The first-order valence-corrected chi connectivity index (χ1v) is 12.3. The lowest BCUT2D eigenvalue weighted by Crippen LogP contribution is -2.42. The van der Waals surface area contributed by atoms with Crippen molar-refractivity contribution >= 4 is 9.84 Å². The number of sulfone groups is 1. The zero-order valence-electron chi connectivity index (χ0n) is 18.0. The number of unbranched alkanes of at least 4 members (excludes halogenated alkanes) is 1. The topological polar surface area (TPSA) is 72.8 Å². The molecule has 0 saturated carbocycles. The van der Waals surface area contributed by atoms with Crippen LogP contribution in [0, 0.1) is 5.41 Å². The fraction of sp³-hybridized carbons (Fsp3) is 0.500. The largest absolute Gasteiger partial charge is 0.392 e. The molecule has 1 N–H and O–H groups in total. The van der Waals surface area contributed by atoms with Gasteiger partial charge in [0, 0.05) is 11.3 Å². The Labute approximate surface area is 179 Å².